The average molecular weight is 727 g/mol. The number of rotatable bonds is 2. The van der Waals surface area contributed by atoms with Crippen molar-refractivity contribution < 1.29 is 9.59 Å². The maximum absolute atomic E-state index is 11.3. The van der Waals surface area contributed by atoms with Crippen LogP contribution in [0, 0.1) is 47.4 Å². The number of carbonyl (C=O) groups excluding carboxylic acids is 2. The lowest BCUT2D eigenvalue weighted by Gasteiger charge is -2.06. The van der Waals surface area contributed by atoms with Gasteiger partial charge in [-0.25, -0.2) is 0 Å². The van der Waals surface area contributed by atoms with Crippen molar-refractivity contribution in [2.75, 3.05) is 0 Å². The van der Waals surface area contributed by atoms with Gasteiger partial charge in [0.25, 0.3) is 0 Å². The molecule has 254 valence electrons. The molecule has 0 unspecified atom stereocenters. The van der Waals surface area contributed by atoms with Crippen LogP contribution < -0.4 is 0 Å². The molecule has 0 radical (unpaired) electrons. The molecule has 0 aromatic heterocycles. The highest BCUT2D eigenvalue weighted by molar-refractivity contribution is 8.13. The molecule has 0 saturated heterocycles. The summed E-state index contributed by atoms with van der Waals surface area (Å²) in [6, 6.07) is 48.1. The number of hydrogen-bond acceptors (Lipinski definition) is 4. The molecule has 0 aliphatic heterocycles. The first-order chi connectivity index (χ1) is 26.3. The fourth-order valence-corrected chi connectivity index (χ4v) is 6.86. The van der Waals surface area contributed by atoms with E-state index in [0.29, 0.717) is 0 Å². The second kappa shape index (κ2) is 16.8. The zero-order valence-electron chi connectivity index (χ0n) is 29.5. The van der Waals surface area contributed by atoms with Gasteiger partial charge in [0.15, 0.2) is 10.2 Å². The molecule has 7 rings (SSSR count). The summed E-state index contributed by atoms with van der Waals surface area (Å²) in [7, 11) is 0. The molecule has 54 heavy (non-hydrogen) atoms. The van der Waals surface area contributed by atoms with Crippen LogP contribution in [-0.2, 0) is 9.59 Å². The van der Waals surface area contributed by atoms with Crippen LogP contribution >= 0.6 is 23.5 Å². The highest BCUT2D eigenvalue weighted by atomic mass is 32.2. The van der Waals surface area contributed by atoms with Gasteiger partial charge in [0.1, 0.15) is 0 Å². The SMILES string of the molecule is CC(=O)Sc1ccc(C#Cc2ccc(C#Cc3cccc4cc5cccc(C#Cc6ccc(C#Cc7ccc(SC(C)=O)cc7)cc6)c5cc34)cc2)cc1. The minimum absolute atomic E-state index is 0.0652. The molecule has 7 aromatic carbocycles. The van der Waals surface area contributed by atoms with Crippen LogP contribution in [0.2, 0.25) is 0 Å². The van der Waals surface area contributed by atoms with Crippen molar-refractivity contribution in [2.45, 2.75) is 23.6 Å². The Morgan fingerprint density at radius 3 is 0.981 bits per heavy atom. The van der Waals surface area contributed by atoms with Crippen molar-refractivity contribution in [1.29, 1.82) is 0 Å². The third kappa shape index (κ3) is 9.41. The first-order valence-corrected chi connectivity index (χ1v) is 18.8. The molecule has 0 fully saturated rings. The van der Waals surface area contributed by atoms with Gasteiger partial charge >= 0.3 is 0 Å². The van der Waals surface area contributed by atoms with E-state index in [1.54, 1.807) is 13.8 Å². The Labute approximate surface area is 324 Å². The first-order valence-electron chi connectivity index (χ1n) is 17.2. The van der Waals surface area contributed by atoms with Gasteiger partial charge in [-0.1, -0.05) is 95.2 Å². The smallest absolute Gasteiger partial charge is 0.190 e. The van der Waals surface area contributed by atoms with Gasteiger partial charge in [-0.2, -0.15) is 0 Å². The fourth-order valence-electron chi connectivity index (χ4n) is 5.66. The Morgan fingerprint density at radius 2 is 0.667 bits per heavy atom. The number of thioether (sulfide) groups is 2. The van der Waals surface area contributed by atoms with Crippen LogP contribution in [0.15, 0.2) is 155 Å². The van der Waals surface area contributed by atoms with E-state index in [1.807, 2.05) is 109 Å². The summed E-state index contributed by atoms with van der Waals surface area (Å²) >= 11 is 2.43. The van der Waals surface area contributed by atoms with Gasteiger partial charge in [0.05, 0.1) is 0 Å². The largest absolute Gasteiger partial charge is 0.287 e. The summed E-state index contributed by atoms with van der Waals surface area (Å²) in [5, 5.41) is 4.54. The van der Waals surface area contributed by atoms with E-state index in [9.17, 15) is 9.59 Å². The third-order valence-corrected chi connectivity index (χ3v) is 9.86. The van der Waals surface area contributed by atoms with E-state index in [4.69, 9.17) is 0 Å². The first kappa shape index (κ1) is 35.7. The molecule has 2 nitrogen and oxygen atoms in total. The Morgan fingerprint density at radius 1 is 0.370 bits per heavy atom. The molecule has 0 bridgehead atoms. The highest BCUT2D eigenvalue weighted by Crippen LogP contribution is 2.28. The van der Waals surface area contributed by atoms with Crippen molar-refractivity contribution in [3.8, 4) is 47.4 Å². The number of fused-ring (bicyclic) bond motifs is 2. The van der Waals surface area contributed by atoms with Gasteiger partial charge in [-0.15, -0.1) is 0 Å². The molecule has 0 spiro atoms. The van der Waals surface area contributed by atoms with Crippen LogP contribution in [0.3, 0.4) is 0 Å². The molecule has 7 aromatic rings. The molecule has 0 N–H and O–H groups in total. The molecule has 0 atom stereocenters. The van der Waals surface area contributed by atoms with Gasteiger partial charge < -0.3 is 0 Å². The van der Waals surface area contributed by atoms with Crippen molar-refractivity contribution in [3.63, 3.8) is 0 Å². The zero-order valence-corrected chi connectivity index (χ0v) is 31.1. The van der Waals surface area contributed by atoms with E-state index in [0.717, 1.165) is 75.8 Å². The van der Waals surface area contributed by atoms with Crippen LogP contribution in [0.1, 0.15) is 58.4 Å². The van der Waals surface area contributed by atoms with Gasteiger partial charge in [-0.3, -0.25) is 9.59 Å². The number of benzene rings is 7. The van der Waals surface area contributed by atoms with Gasteiger partial charge in [0.2, 0.25) is 0 Å². The van der Waals surface area contributed by atoms with E-state index < -0.39 is 0 Å². The van der Waals surface area contributed by atoms with E-state index in [1.165, 1.54) is 23.5 Å². The molecule has 0 aliphatic carbocycles. The Bertz CT molecular complexity index is 2610. The fraction of sp³-hybridized carbons (Fsp3) is 0.0400. The maximum atomic E-state index is 11.3. The summed E-state index contributed by atoms with van der Waals surface area (Å²) in [4.78, 5) is 24.5. The summed E-state index contributed by atoms with van der Waals surface area (Å²) in [6.07, 6.45) is 0. The molecule has 4 heteroatoms. The lowest BCUT2D eigenvalue weighted by molar-refractivity contribution is -0.109. The maximum Gasteiger partial charge on any atom is 0.190 e. The quantitative estimate of drug-likeness (QED) is 0.101. The predicted octanol–water partition coefficient (Wildman–Crippen LogP) is 10.9. The Kier molecular flexibility index (Phi) is 11.1. The van der Waals surface area contributed by atoms with Crippen molar-refractivity contribution in [1.82, 2.24) is 0 Å². The standard InChI is InChI=1S/C50H30O2S2/c1-35(51)53-47-29-23-41(24-30-47)19-13-37-9-15-39(16-10-37)21-27-43-5-3-7-45-33-46-8-4-6-44(50(46)34-49(43)45)28-22-40-17-11-38(12-18-40)14-20-42-25-31-48(32-26-42)54-36(2)52/h3-12,15-18,23-26,29-34H,1-2H3. The molecular weight excluding hydrogens is 697 g/mol. The van der Waals surface area contributed by atoms with Crippen LogP contribution in [0.25, 0.3) is 21.5 Å². The molecular formula is C50H30O2S2. The molecule has 0 amide bonds. The third-order valence-electron chi connectivity index (χ3n) is 8.27. The van der Waals surface area contributed by atoms with Crippen molar-refractivity contribution in [3.05, 3.63) is 190 Å². The lowest BCUT2D eigenvalue weighted by atomic mass is 9.97. The van der Waals surface area contributed by atoms with E-state index >= 15 is 0 Å². The van der Waals surface area contributed by atoms with E-state index in [-0.39, 0.29) is 10.2 Å². The predicted molar refractivity (Wildman–Crippen MR) is 224 cm³/mol. The minimum atomic E-state index is 0.0652. The minimum Gasteiger partial charge on any atom is -0.287 e. The summed E-state index contributed by atoms with van der Waals surface area (Å²) < 4.78 is 0. The van der Waals surface area contributed by atoms with Crippen LogP contribution in [0.5, 0.6) is 0 Å². The Balaban J connectivity index is 1.08. The van der Waals surface area contributed by atoms with Crippen LogP contribution in [0.4, 0.5) is 0 Å². The zero-order chi connectivity index (χ0) is 37.3. The summed E-state index contributed by atoms with van der Waals surface area (Å²) in [6.45, 7) is 3.12. The molecule has 0 saturated carbocycles. The number of carbonyl (C=O) groups is 2. The normalized spacial score (nSPS) is 10.1. The molecule has 0 aliphatic rings. The average Bonchev–Trinajstić information content (AvgIpc) is 3.18. The highest BCUT2D eigenvalue weighted by Gasteiger charge is 2.05. The summed E-state index contributed by atoms with van der Waals surface area (Å²) in [5.41, 5.74) is 7.32. The summed E-state index contributed by atoms with van der Waals surface area (Å²) in [5.74, 6) is 26.3. The Hall–Kier alpha value is -6.66. The van der Waals surface area contributed by atoms with Crippen LogP contribution in [-0.4, -0.2) is 10.2 Å². The molecule has 0 heterocycles. The van der Waals surface area contributed by atoms with Crippen molar-refractivity contribution >= 4 is 55.3 Å². The van der Waals surface area contributed by atoms with Gasteiger partial charge in [0, 0.05) is 68.1 Å². The lowest BCUT2D eigenvalue weighted by Crippen LogP contribution is -1.85. The van der Waals surface area contributed by atoms with Gasteiger partial charge in [-0.05, 0) is 143 Å². The second-order valence-corrected chi connectivity index (χ2v) is 14.8. The second-order valence-electron chi connectivity index (χ2n) is 12.3. The number of hydrogen-bond donors (Lipinski definition) is 0. The topological polar surface area (TPSA) is 34.1 Å². The van der Waals surface area contributed by atoms with E-state index in [2.05, 4.69) is 83.8 Å². The van der Waals surface area contributed by atoms with Crippen molar-refractivity contribution in [2.24, 2.45) is 0 Å². The monoisotopic (exact) mass is 726 g/mol.